The van der Waals surface area contributed by atoms with Gasteiger partial charge in [-0.3, -0.25) is 0 Å². The van der Waals surface area contributed by atoms with Crippen LogP contribution in [0.15, 0.2) is 0 Å². The maximum atomic E-state index is 11.5. The molecule has 0 amide bonds. The van der Waals surface area contributed by atoms with Crippen molar-refractivity contribution in [2.24, 2.45) is 5.92 Å². The topological polar surface area (TPSA) is 78.4 Å². The summed E-state index contributed by atoms with van der Waals surface area (Å²) in [5.74, 6) is 0.0724. The fraction of sp³-hybridized carbons (Fsp3) is 1.00. The Hall–Kier alpha value is -0.170. The van der Waals surface area contributed by atoms with E-state index >= 15 is 0 Å². The van der Waals surface area contributed by atoms with Crippen molar-refractivity contribution in [3.63, 3.8) is 0 Å². The number of nitrogens with one attached hydrogen (secondary N) is 2. The normalized spacial score (nSPS) is 27.1. The van der Waals surface area contributed by atoms with E-state index in [2.05, 4.69) is 9.44 Å². The first-order chi connectivity index (χ1) is 7.09. The highest BCUT2D eigenvalue weighted by Gasteiger charge is 2.29. The molecule has 0 heterocycles. The lowest BCUT2D eigenvalue weighted by molar-refractivity contribution is 0.213. The van der Waals surface area contributed by atoms with Crippen LogP contribution in [0.4, 0.5) is 0 Å². The van der Waals surface area contributed by atoms with Crippen molar-refractivity contribution in [3.8, 4) is 0 Å². The van der Waals surface area contributed by atoms with E-state index in [0.717, 1.165) is 25.7 Å². The molecule has 90 valence electrons. The molecular formula is C9H20N2O3S. The quantitative estimate of drug-likeness (QED) is 0.606. The van der Waals surface area contributed by atoms with Crippen molar-refractivity contribution in [1.82, 2.24) is 9.44 Å². The van der Waals surface area contributed by atoms with E-state index in [1.54, 1.807) is 0 Å². The lowest BCUT2D eigenvalue weighted by Gasteiger charge is -2.18. The van der Waals surface area contributed by atoms with Crippen LogP contribution >= 0.6 is 0 Å². The molecule has 0 spiro atoms. The molecule has 1 fully saturated rings. The third-order valence-corrected chi connectivity index (χ3v) is 3.94. The van der Waals surface area contributed by atoms with Crippen molar-refractivity contribution in [2.45, 2.75) is 38.6 Å². The lowest BCUT2D eigenvalue weighted by atomic mass is 10.1. The van der Waals surface area contributed by atoms with Gasteiger partial charge in [-0.2, -0.15) is 13.1 Å². The maximum absolute atomic E-state index is 11.5. The molecule has 1 aliphatic carbocycles. The van der Waals surface area contributed by atoms with Gasteiger partial charge in [0.25, 0.3) is 10.2 Å². The standard InChI is InChI=1S/C9H20N2O3S/c1-2-6-10-15(13,14)11-9-5-3-4-8(9)7-12/h8-12H,2-7H2,1H3. The average Bonchev–Trinajstić information content (AvgIpc) is 2.61. The SMILES string of the molecule is CCCNS(=O)(=O)NC1CCCC1CO. The third-order valence-electron chi connectivity index (χ3n) is 2.74. The molecule has 0 aromatic carbocycles. The van der Waals surface area contributed by atoms with Gasteiger partial charge < -0.3 is 5.11 Å². The summed E-state index contributed by atoms with van der Waals surface area (Å²) in [6.45, 7) is 2.42. The van der Waals surface area contributed by atoms with Gasteiger partial charge in [0.15, 0.2) is 0 Å². The van der Waals surface area contributed by atoms with Crippen LogP contribution in [0.3, 0.4) is 0 Å². The van der Waals surface area contributed by atoms with Crippen molar-refractivity contribution < 1.29 is 13.5 Å². The van der Waals surface area contributed by atoms with E-state index < -0.39 is 10.2 Å². The largest absolute Gasteiger partial charge is 0.396 e. The Balaban J connectivity index is 2.45. The molecule has 0 aromatic rings. The Bertz CT molecular complexity index is 279. The molecule has 0 bridgehead atoms. The van der Waals surface area contributed by atoms with Crippen LogP contribution in [0.2, 0.25) is 0 Å². The van der Waals surface area contributed by atoms with Crippen LogP contribution in [-0.2, 0) is 10.2 Å². The number of hydrogen-bond acceptors (Lipinski definition) is 3. The van der Waals surface area contributed by atoms with Gasteiger partial charge in [-0.1, -0.05) is 13.3 Å². The maximum Gasteiger partial charge on any atom is 0.277 e. The van der Waals surface area contributed by atoms with E-state index in [0.29, 0.717) is 6.54 Å². The Morgan fingerprint density at radius 2 is 2.13 bits per heavy atom. The zero-order valence-electron chi connectivity index (χ0n) is 9.07. The van der Waals surface area contributed by atoms with Crippen molar-refractivity contribution in [2.75, 3.05) is 13.2 Å². The summed E-state index contributed by atoms with van der Waals surface area (Å²) >= 11 is 0. The van der Waals surface area contributed by atoms with Crippen LogP contribution in [0, 0.1) is 5.92 Å². The van der Waals surface area contributed by atoms with Crippen LogP contribution in [0.25, 0.3) is 0 Å². The Morgan fingerprint density at radius 1 is 1.40 bits per heavy atom. The summed E-state index contributed by atoms with van der Waals surface area (Å²) in [6.07, 6.45) is 3.47. The van der Waals surface area contributed by atoms with Gasteiger partial charge >= 0.3 is 0 Å². The number of hydrogen-bond donors (Lipinski definition) is 3. The van der Waals surface area contributed by atoms with Gasteiger partial charge in [0.2, 0.25) is 0 Å². The fourth-order valence-electron chi connectivity index (χ4n) is 1.89. The minimum absolute atomic E-state index is 0.0565. The predicted molar refractivity (Wildman–Crippen MR) is 58.6 cm³/mol. The highest BCUT2D eigenvalue weighted by atomic mass is 32.2. The van der Waals surface area contributed by atoms with Crippen LogP contribution < -0.4 is 9.44 Å². The van der Waals surface area contributed by atoms with Gasteiger partial charge in [0.05, 0.1) is 0 Å². The Morgan fingerprint density at radius 3 is 2.73 bits per heavy atom. The molecule has 1 rings (SSSR count). The number of aliphatic hydroxyl groups is 1. The molecule has 1 saturated carbocycles. The van der Waals surface area contributed by atoms with Crippen molar-refractivity contribution in [1.29, 1.82) is 0 Å². The second kappa shape index (κ2) is 5.79. The molecule has 0 aromatic heterocycles. The highest BCUT2D eigenvalue weighted by Crippen LogP contribution is 2.25. The first-order valence-electron chi connectivity index (χ1n) is 5.47. The van der Waals surface area contributed by atoms with E-state index in [4.69, 9.17) is 5.11 Å². The smallest absolute Gasteiger partial charge is 0.277 e. The lowest BCUT2D eigenvalue weighted by Crippen LogP contribution is -2.45. The molecule has 0 aliphatic heterocycles. The highest BCUT2D eigenvalue weighted by molar-refractivity contribution is 7.87. The van der Waals surface area contributed by atoms with E-state index in [9.17, 15) is 8.42 Å². The molecule has 6 heteroatoms. The first kappa shape index (κ1) is 12.9. The van der Waals surface area contributed by atoms with Gasteiger partial charge in [-0.25, -0.2) is 4.72 Å². The van der Waals surface area contributed by atoms with E-state index in [-0.39, 0.29) is 18.6 Å². The summed E-state index contributed by atoms with van der Waals surface area (Å²) in [5.41, 5.74) is 0. The second-order valence-corrected chi connectivity index (χ2v) is 5.53. The van der Waals surface area contributed by atoms with E-state index in [1.807, 2.05) is 6.92 Å². The van der Waals surface area contributed by atoms with Gasteiger partial charge in [-0.05, 0) is 25.2 Å². The number of aliphatic hydroxyl groups excluding tert-OH is 1. The molecule has 3 N–H and O–H groups in total. The third kappa shape index (κ3) is 4.06. The summed E-state index contributed by atoms with van der Waals surface area (Å²) in [4.78, 5) is 0. The summed E-state index contributed by atoms with van der Waals surface area (Å²) in [7, 11) is -3.38. The van der Waals surface area contributed by atoms with Crippen LogP contribution in [0.1, 0.15) is 32.6 Å². The van der Waals surface area contributed by atoms with Gasteiger partial charge in [-0.15, -0.1) is 0 Å². The van der Waals surface area contributed by atoms with E-state index in [1.165, 1.54) is 0 Å². The van der Waals surface area contributed by atoms with Crippen molar-refractivity contribution >= 4 is 10.2 Å². The predicted octanol–water partition coefficient (Wildman–Crippen LogP) is -0.0186. The molecule has 1 aliphatic rings. The summed E-state index contributed by atoms with van der Waals surface area (Å²) in [5, 5.41) is 9.05. The van der Waals surface area contributed by atoms with Gasteiger partial charge in [0.1, 0.15) is 0 Å². The molecule has 0 saturated heterocycles. The monoisotopic (exact) mass is 236 g/mol. The zero-order valence-corrected chi connectivity index (χ0v) is 9.89. The average molecular weight is 236 g/mol. The van der Waals surface area contributed by atoms with Crippen LogP contribution in [-0.4, -0.2) is 32.7 Å². The first-order valence-corrected chi connectivity index (χ1v) is 6.95. The van der Waals surface area contributed by atoms with Gasteiger partial charge in [0, 0.05) is 19.2 Å². The summed E-state index contributed by atoms with van der Waals surface area (Å²) < 4.78 is 28.1. The zero-order chi connectivity index (χ0) is 11.3. The molecular weight excluding hydrogens is 216 g/mol. The molecule has 0 radical (unpaired) electrons. The number of rotatable bonds is 6. The molecule has 15 heavy (non-hydrogen) atoms. The summed E-state index contributed by atoms with van der Waals surface area (Å²) in [6, 6.07) is -0.107. The Labute approximate surface area is 91.4 Å². The minimum Gasteiger partial charge on any atom is -0.396 e. The molecule has 2 unspecified atom stereocenters. The van der Waals surface area contributed by atoms with Crippen LogP contribution in [0.5, 0.6) is 0 Å². The molecule has 2 atom stereocenters. The fourth-order valence-corrected chi connectivity index (χ4v) is 3.15. The second-order valence-electron chi connectivity index (χ2n) is 4.00. The minimum atomic E-state index is -3.38. The molecule has 5 nitrogen and oxygen atoms in total. The Kier molecular flexibility index (Phi) is 4.98. The van der Waals surface area contributed by atoms with Crippen molar-refractivity contribution in [3.05, 3.63) is 0 Å².